The van der Waals surface area contributed by atoms with E-state index in [0.717, 1.165) is 0 Å². The summed E-state index contributed by atoms with van der Waals surface area (Å²) in [6.07, 6.45) is -1.33. The van der Waals surface area contributed by atoms with Gasteiger partial charge < -0.3 is 27.9 Å². The fourth-order valence-corrected chi connectivity index (χ4v) is 1.28. The molecule has 1 saturated heterocycles. The molecular formula is C8H18N2O2U. The summed E-state index contributed by atoms with van der Waals surface area (Å²) in [4.78, 5) is 1.89. The third-order valence-corrected chi connectivity index (χ3v) is 2.08. The van der Waals surface area contributed by atoms with Gasteiger partial charge in [-0.3, -0.25) is 0 Å². The molecule has 2 N–H and O–H groups in total. The van der Waals surface area contributed by atoms with E-state index in [4.69, 9.17) is 0 Å². The third-order valence-electron chi connectivity index (χ3n) is 2.08. The zero-order valence-corrected chi connectivity index (χ0v) is 12.6. The van der Waals surface area contributed by atoms with Gasteiger partial charge in [0, 0.05) is 6.04 Å². The van der Waals surface area contributed by atoms with Gasteiger partial charge in [-0.05, 0) is 14.1 Å². The van der Waals surface area contributed by atoms with Gasteiger partial charge in [-0.15, -0.1) is 13.1 Å². The molecule has 1 heterocycles. The molecule has 1 aliphatic rings. The molecule has 0 aromatic rings. The average molecular weight is 412 g/mol. The number of likely N-dealkylation sites (N-methyl/N-ethyl adjacent to an activating group) is 1. The van der Waals surface area contributed by atoms with Crippen molar-refractivity contribution in [1.29, 1.82) is 0 Å². The second-order valence-electron chi connectivity index (χ2n) is 3.18. The maximum Gasteiger partial charge on any atom is 2.00 e. The Morgan fingerprint density at radius 3 is 2.15 bits per heavy atom. The van der Waals surface area contributed by atoms with Gasteiger partial charge in [0.2, 0.25) is 0 Å². The van der Waals surface area contributed by atoms with Crippen LogP contribution < -0.4 is 0 Å². The van der Waals surface area contributed by atoms with Crippen molar-refractivity contribution in [3.63, 3.8) is 0 Å². The number of aliphatic hydroxyl groups is 2. The molecule has 0 unspecified atom stereocenters. The number of nitrogens with zero attached hydrogens (tertiary/aromatic N) is 2. The van der Waals surface area contributed by atoms with Crippen LogP contribution in [0, 0.1) is 38.5 Å². The Kier molecular flexibility index (Phi) is 9.07. The molecule has 0 aliphatic carbocycles. The smallest absolute Gasteiger partial charge is 0.659 e. The molecule has 0 aromatic carbocycles. The Balaban J connectivity index is 0. The van der Waals surface area contributed by atoms with Crippen molar-refractivity contribution in [3.05, 3.63) is 12.7 Å². The third kappa shape index (κ3) is 4.29. The van der Waals surface area contributed by atoms with Crippen LogP contribution in [0.5, 0.6) is 0 Å². The molecule has 0 spiro atoms. The summed E-state index contributed by atoms with van der Waals surface area (Å²) in [5, 5.41) is 22.7. The number of hydrogen-bond acceptors (Lipinski definition) is 3. The standard InChI is InChI=1S/C7H15N2O2.CH3.U/c1-9(2)5-3-8-4-6(10)7(5)11;;/h5-7,10-11H,3-4H2,1-2H3;1H3;/q2*-1;+2/t5-,6+,7-;;/m0../s1. The molecule has 0 bridgehead atoms. The first-order valence-electron chi connectivity index (χ1n) is 3.78. The second kappa shape index (κ2) is 7.22. The summed E-state index contributed by atoms with van der Waals surface area (Å²) in [5.74, 6) is 0. The predicted octanol–water partition coefficient (Wildman–Crippen LogP) is -0.524. The molecule has 0 amide bonds. The zero-order valence-electron chi connectivity index (χ0n) is 8.44. The number of aliphatic hydroxyl groups excluding tert-OH is 2. The molecule has 13 heavy (non-hydrogen) atoms. The monoisotopic (exact) mass is 412 g/mol. The molecule has 1 fully saturated rings. The minimum absolute atomic E-state index is 0. The topological polar surface area (TPSA) is 57.8 Å². The van der Waals surface area contributed by atoms with Crippen LogP contribution in [0.1, 0.15) is 0 Å². The van der Waals surface area contributed by atoms with Crippen LogP contribution >= 0.6 is 0 Å². The van der Waals surface area contributed by atoms with E-state index in [1.165, 1.54) is 0 Å². The van der Waals surface area contributed by atoms with Crippen molar-refractivity contribution in [1.82, 2.24) is 4.90 Å². The summed E-state index contributed by atoms with van der Waals surface area (Å²) < 4.78 is 0. The van der Waals surface area contributed by atoms with Crippen molar-refractivity contribution in [2.24, 2.45) is 0 Å². The first kappa shape index (κ1) is 16.3. The van der Waals surface area contributed by atoms with Crippen LogP contribution in [-0.4, -0.2) is 60.5 Å². The quantitative estimate of drug-likeness (QED) is 0.570. The van der Waals surface area contributed by atoms with E-state index in [0.29, 0.717) is 13.1 Å². The van der Waals surface area contributed by atoms with Crippen LogP contribution in [0.25, 0.3) is 5.32 Å². The minimum Gasteiger partial charge on any atom is -0.659 e. The largest absolute Gasteiger partial charge is 2.00 e. The van der Waals surface area contributed by atoms with E-state index in [2.05, 4.69) is 5.32 Å². The van der Waals surface area contributed by atoms with Gasteiger partial charge in [0.1, 0.15) is 0 Å². The fourth-order valence-electron chi connectivity index (χ4n) is 1.28. The Labute approximate surface area is 104 Å². The molecule has 4 nitrogen and oxygen atoms in total. The van der Waals surface area contributed by atoms with Crippen molar-refractivity contribution in [3.8, 4) is 0 Å². The molecule has 0 aromatic heterocycles. The van der Waals surface area contributed by atoms with Gasteiger partial charge in [0.05, 0.1) is 12.2 Å². The fraction of sp³-hybridized carbons (Fsp3) is 0.875. The molecular weight excluding hydrogens is 394 g/mol. The minimum atomic E-state index is -0.684. The van der Waals surface area contributed by atoms with Gasteiger partial charge >= 0.3 is 31.1 Å². The van der Waals surface area contributed by atoms with E-state index >= 15 is 0 Å². The summed E-state index contributed by atoms with van der Waals surface area (Å²) in [5.41, 5.74) is 0. The van der Waals surface area contributed by atoms with Crippen molar-refractivity contribution in [2.45, 2.75) is 18.2 Å². The van der Waals surface area contributed by atoms with Gasteiger partial charge in [-0.1, -0.05) is 0 Å². The Morgan fingerprint density at radius 1 is 1.23 bits per heavy atom. The summed E-state index contributed by atoms with van der Waals surface area (Å²) in [7, 11) is 3.75. The van der Waals surface area contributed by atoms with E-state index < -0.39 is 12.2 Å². The average Bonchev–Trinajstić information content (AvgIpc) is 1.94. The maximum atomic E-state index is 9.46. The first-order chi connectivity index (χ1) is 5.13. The molecule has 76 valence electrons. The molecule has 1 aliphatic heterocycles. The van der Waals surface area contributed by atoms with Crippen LogP contribution in [0.4, 0.5) is 0 Å². The van der Waals surface area contributed by atoms with Crippen LogP contribution in [-0.2, 0) is 0 Å². The van der Waals surface area contributed by atoms with E-state index in [1.54, 1.807) is 0 Å². The molecule has 3 atom stereocenters. The Hall–Kier alpha value is 0.892. The number of piperidine rings is 1. The second-order valence-corrected chi connectivity index (χ2v) is 3.18. The number of hydrogen-bond donors (Lipinski definition) is 2. The summed E-state index contributed by atoms with van der Waals surface area (Å²) in [6, 6.07) is -0.0289. The van der Waals surface area contributed by atoms with Gasteiger partial charge in [-0.25, -0.2) is 0 Å². The summed E-state index contributed by atoms with van der Waals surface area (Å²) >= 11 is 0. The first-order valence-corrected chi connectivity index (χ1v) is 3.78. The van der Waals surface area contributed by atoms with Crippen LogP contribution in [0.3, 0.4) is 0 Å². The van der Waals surface area contributed by atoms with E-state index in [9.17, 15) is 10.2 Å². The Bertz CT molecular complexity index is 135. The molecule has 0 radical (unpaired) electrons. The number of rotatable bonds is 1. The molecule has 0 saturated carbocycles. The SMILES string of the molecule is CN(C)[C@H]1C[N-]C[C@@H](O)[C@H]1O.[CH3-].[U+2]. The maximum absolute atomic E-state index is 9.46. The van der Waals surface area contributed by atoms with E-state index in [-0.39, 0.29) is 44.6 Å². The zero-order chi connectivity index (χ0) is 8.43. The van der Waals surface area contributed by atoms with Crippen LogP contribution in [0.15, 0.2) is 0 Å². The van der Waals surface area contributed by atoms with Crippen molar-refractivity contribution >= 4 is 0 Å². The predicted molar refractivity (Wildman–Crippen MR) is 49.0 cm³/mol. The molecule has 5 heteroatoms. The van der Waals surface area contributed by atoms with Crippen LogP contribution in [0.2, 0.25) is 0 Å². The van der Waals surface area contributed by atoms with Gasteiger partial charge in [-0.2, -0.15) is 0 Å². The van der Waals surface area contributed by atoms with Crippen molar-refractivity contribution in [2.75, 3.05) is 27.2 Å². The molecule has 1 rings (SSSR count). The normalized spacial score (nSPS) is 33.5. The van der Waals surface area contributed by atoms with Gasteiger partial charge in [0.25, 0.3) is 0 Å². The summed E-state index contributed by atoms with van der Waals surface area (Å²) in [6.45, 7) is 0.983. The van der Waals surface area contributed by atoms with E-state index in [1.807, 2.05) is 19.0 Å². The van der Waals surface area contributed by atoms with Crippen molar-refractivity contribution < 1.29 is 41.3 Å². The van der Waals surface area contributed by atoms with Gasteiger partial charge in [0.15, 0.2) is 0 Å². The Morgan fingerprint density at radius 2 is 1.77 bits per heavy atom.